The van der Waals surface area contributed by atoms with E-state index in [0.29, 0.717) is 28.7 Å². The van der Waals surface area contributed by atoms with Gasteiger partial charge in [0.1, 0.15) is 27.9 Å². The van der Waals surface area contributed by atoms with Gasteiger partial charge in [0.2, 0.25) is 5.88 Å². The van der Waals surface area contributed by atoms with Crippen LogP contribution in [0.15, 0.2) is 81.3 Å². The average Bonchev–Trinajstić information content (AvgIpc) is 3.72. The summed E-state index contributed by atoms with van der Waals surface area (Å²) in [4.78, 5) is 19.2. The van der Waals surface area contributed by atoms with E-state index in [0.717, 1.165) is 16.7 Å². The summed E-state index contributed by atoms with van der Waals surface area (Å²) in [7, 11) is 2.98. The van der Waals surface area contributed by atoms with Crippen LogP contribution in [-0.4, -0.2) is 28.9 Å². The van der Waals surface area contributed by atoms with Gasteiger partial charge in [0.15, 0.2) is 5.82 Å². The molecule has 4 aromatic rings. The minimum atomic E-state index is -0.504. The molecule has 6 nitrogen and oxygen atoms in total. The molecule has 178 valence electrons. The van der Waals surface area contributed by atoms with Gasteiger partial charge in [-0.2, -0.15) is 4.98 Å². The fourth-order valence-electron chi connectivity index (χ4n) is 3.98. The van der Waals surface area contributed by atoms with Crippen LogP contribution in [0.3, 0.4) is 0 Å². The second kappa shape index (κ2) is 9.46. The van der Waals surface area contributed by atoms with Gasteiger partial charge >= 0.3 is 0 Å². The van der Waals surface area contributed by atoms with Gasteiger partial charge in [0.05, 0.1) is 14.2 Å². The van der Waals surface area contributed by atoms with Crippen molar-refractivity contribution in [3.63, 3.8) is 0 Å². The lowest BCUT2D eigenvalue weighted by atomic mass is 10.1. The maximum absolute atomic E-state index is 13.9. The van der Waals surface area contributed by atoms with E-state index in [1.165, 1.54) is 61.5 Å². The van der Waals surface area contributed by atoms with Crippen LogP contribution in [0.5, 0.6) is 17.4 Å². The van der Waals surface area contributed by atoms with Gasteiger partial charge in [-0.3, -0.25) is 9.36 Å². The van der Waals surface area contributed by atoms with Gasteiger partial charge in [-0.05, 0) is 72.9 Å². The lowest BCUT2D eigenvalue weighted by molar-refractivity contribution is 0.389. The number of aromatic nitrogens is 2. The van der Waals surface area contributed by atoms with Crippen LogP contribution >= 0.6 is 11.8 Å². The molecule has 0 atom stereocenters. The van der Waals surface area contributed by atoms with Crippen molar-refractivity contribution in [1.82, 2.24) is 9.55 Å². The number of benzene rings is 3. The van der Waals surface area contributed by atoms with Crippen LogP contribution < -0.4 is 15.0 Å². The molecule has 0 unspecified atom stereocenters. The predicted molar refractivity (Wildman–Crippen MR) is 133 cm³/mol. The number of ether oxygens (including phenoxy) is 2. The van der Waals surface area contributed by atoms with Crippen molar-refractivity contribution in [2.24, 2.45) is 0 Å². The summed E-state index contributed by atoms with van der Waals surface area (Å²) >= 11 is 1.14. The summed E-state index contributed by atoms with van der Waals surface area (Å²) in [6, 6.07) is 18.7. The highest BCUT2D eigenvalue weighted by Crippen LogP contribution is 2.41. The van der Waals surface area contributed by atoms with E-state index >= 15 is 0 Å². The first-order valence-corrected chi connectivity index (χ1v) is 11.9. The Morgan fingerprint density at radius 2 is 1.60 bits per heavy atom. The van der Waals surface area contributed by atoms with E-state index in [1.807, 2.05) is 12.1 Å². The van der Waals surface area contributed by atoms with Gasteiger partial charge in [0, 0.05) is 10.5 Å². The normalized spacial score (nSPS) is 13.0. The summed E-state index contributed by atoms with van der Waals surface area (Å²) in [5.74, 6) is 0.677. The van der Waals surface area contributed by atoms with Crippen LogP contribution in [0, 0.1) is 5.82 Å². The SMILES string of the molecule is COc1cccc(OC)c1-n1c(-c2ccc(F)cc2)nc(O)c(Sc2ccc(C3CC3)cc2)c1=O. The molecule has 0 bridgehead atoms. The van der Waals surface area contributed by atoms with E-state index in [1.54, 1.807) is 18.2 Å². The molecule has 1 aliphatic carbocycles. The maximum atomic E-state index is 13.9. The van der Waals surface area contributed by atoms with Crippen molar-refractivity contribution in [1.29, 1.82) is 0 Å². The van der Waals surface area contributed by atoms with Crippen molar-refractivity contribution < 1.29 is 19.0 Å². The van der Waals surface area contributed by atoms with Crippen molar-refractivity contribution in [3.8, 4) is 34.5 Å². The third kappa shape index (κ3) is 4.49. The molecule has 0 spiro atoms. The smallest absolute Gasteiger partial charge is 0.276 e. The molecule has 5 rings (SSSR count). The van der Waals surface area contributed by atoms with Crippen molar-refractivity contribution in [2.45, 2.75) is 28.6 Å². The van der Waals surface area contributed by atoms with Crippen LogP contribution in [0.25, 0.3) is 17.1 Å². The third-order valence-electron chi connectivity index (χ3n) is 5.90. The molecule has 8 heteroatoms. The molecule has 1 aliphatic rings. The molecule has 1 saturated carbocycles. The second-order valence-electron chi connectivity index (χ2n) is 8.19. The number of aromatic hydroxyl groups is 1. The minimum absolute atomic E-state index is 0.0583. The number of rotatable bonds is 7. The number of methoxy groups -OCH3 is 2. The van der Waals surface area contributed by atoms with Gasteiger partial charge < -0.3 is 14.6 Å². The molecular weight excluding hydrogens is 467 g/mol. The first kappa shape index (κ1) is 23.0. The second-order valence-corrected chi connectivity index (χ2v) is 9.28. The number of hydrogen-bond donors (Lipinski definition) is 1. The molecule has 1 heterocycles. The highest BCUT2D eigenvalue weighted by molar-refractivity contribution is 7.99. The molecule has 3 aromatic carbocycles. The standard InChI is InChI=1S/C27H23FN2O4S/c1-33-21-4-3-5-22(34-2)23(21)30-25(18-8-12-19(28)13-9-18)29-26(31)24(27(30)32)35-20-14-10-17(11-15-20)16-6-7-16/h3-5,8-16,31H,6-7H2,1-2H3. The number of halogens is 1. The molecule has 0 amide bonds. The topological polar surface area (TPSA) is 73.6 Å². The van der Waals surface area contributed by atoms with Gasteiger partial charge in [0.25, 0.3) is 5.56 Å². The van der Waals surface area contributed by atoms with E-state index < -0.39 is 17.3 Å². The highest BCUT2D eigenvalue weighted by atomic mass is 32.2. The molecule has 35 heavy (non-hydrogen) atoms. The largest absolute Gasteiger partial charge is 0.494 e. The summed E-state index contributed by atoms with van der Waals surface area (Å²) in [6.07, 6.45) is 2.40. The first-order valence-electron chi connectivity index (χ1n) is 11.1. The monoisotopic (exact) mass is 490 g/mol. The fourth-order valence-corrected chi connectivity index (χ4v) is 4.80. The Hall–Kier alpha value is -3.78. The van der Waals surface area contributed by atoms with Crippen LogP contribution in [-0.2, 0) is 0 Å². The molecular formula is C27H23FN2O4S. The summed E-state index contributed by atoms with van der Waals surface area (Å²) in [5, 5.41) is 10.8. The van der Waals surface area contributed by atoms with Gasteiger partial charge in [-0.25, -0.2) is 4.39 Å². The van der Waals surface area contributed by atoms with Crippen LogP contribution in [0.1, 0.15) is 24.3 Å². The lowest BCUT2D eigenvalue weighted by Crippen LogP contribution is -2.24. The minimum Gasteiger partial charge on any atom is -0.494 e. The summed E-state index contributed by atoms with van der Waals surface area (Å²) in [6.45, 7) is 0. The molecule has 1 aromatic heterocycles. The summed E-state index contributed by atoms with van der Waals surface area (Å²) in [5.41, 5.74) is 1.55. The van der Waals surface area contributed by atoms with Gasteiger partial charge in [-0.15, -0.1) is 0 Å². The van der Waals surface area contributed by atoms with Crippen LogP contribution in [0.2, 0.25) is 0 Å². The fraction of sp³-hybridized carbons (Fsp3) is 0.185. The highest BCUT2D eigenvalue weighted by Gasteiger charge is 2.25. The zero-order chi connectivity index (χ0) is 24.5. The molecule has 1 fully saturated rings. The van der Waals surface area contributed by atoms with Crippen LogP contribution in [0.4, 0.5) is 4.39 Å². The van der Waals surface area contributed by atoms with E-state index in [9.17, 15) is 14.3 Å². The zero-order valence-electron chi connectivity index (χ0n) is 19.2. The van der Waals surface area contributed by atoms with Crippen molar-refractivity contribution in [2.75, 3.05) is 14.2 Å². The van der Waals surface area contributed by atoms with E-state index in [-0.39, 0.29) is 10.7 Å². The molecule has 0 saturated heterocycles. The Morgan fingerprint density at radius 1 is 0.971 bits per heavy atom. The molecule has 0 aliphatic heterocycles. The first-order chi connectivity index (χ1) is 17.0. The Morgan fingerprint density at radius 3 is 2.17 bits per heavy atom. The molecule has 1 N–H and O–H groups in total. The third-order valence-corrected chi connectivity index (χ3v) is 6.97. The van der Waals surface area contributed by atoms with E-state index in [4.69, 9.17) is 9.47 Å². The van der Waals surface area contributed by atoms with E-state index in [2.05, 4.69) is 17.1 Å². The average molecular weight is 491 g/mol. The number of nitrogens with zero attached hydrogens (tertiary/aromatic N) is 2. The zero-order valence-corrected chi connectivity index (χ0v) is 20.0. The number of para-hydroxylation sites is 1. The Kier molecular flexibility index (Phi) is 6.21. The van der Waals surface area contributed by atoms with Crippen molar-refractivity contribution >= 4 is 11.8 Å². The summed E-state index contributed by atoms with van der Waals surface area (Å²) < 4.78 is 26.0. The van der Waals surface area contributed by atoms with Crippen molar-refractivity contribution in [3.05, 3.63) is 88.5 Å². The molecule has 0 radical (unpaired) electrons. The predicted octanol–water partition coefficient (Wildman–Crippen LogP) is 5.79. The maximum Gasteiger partial charge on any atom is 0.276 e. The Bertz CT molecular complexity index is 1410. The lowest BCUT2D eigenvalue weighted by Gasteiger charge is -2.19. The quantitative estimate of drug-likeness (QED) is 0.354. The Labute approximate surface area is 206 Å². The Balaban J connectivity index is 1.71. The number of hydrogen-bond acceptors (Lipinski definition) is 6. The van der Waals surface area contributed by atoms with Gasteiger partial charge in [-0.1, -0.05) is 30.0 Å².